The van der Waals surface area contributed by atoms with Crippen LogP contribution in [0.1, 0.15) is 49.3 Å². The number of rotatable bonds is 5. The van der Waals surface area contributed by atoms with Crippen LogP contribution in [0.4, 0.5) is 0 Å². The second-order valence-corrected chi connectivity index (χ2v) is 7.82. The predicted molar refractivity (Wildman–Crippen MR) is 75.3 cm³/mol. The molecule has 112 valence electrons. The number of aromatic nitrogens is 2. The molecule has 1 fully saturated rings. The Balaban J connectivity index is 2.24. The number of hydrogen-bond donors (Lipinski definition) is 2. The zero-order chi connectivity index (χ0) is 14.9. The van der Waals surface area contributed by atoms with Crippen LogP contribution in [-0.2, 0) is 15.5 Å². The summed E-state index contributed by atoms with van der Waals surface area (Å²) >= 11 is 0. The largest absolute Gasteiger partial charge is 0.348 e. The van der Waals surface area contributed by atoms with Gasteiger partial charge in [-0.15, -0.1) is 0 Å². The molecular formula is C12H18ClN3O3S. The highest BCUT2D eigenvalue weighted by Gasteiger charge is 2.32. The van der Waals surface area contributed by atoms with Crippen LogP contribution in [0.2, 0.25) is 0 Å². The topological polar surface area (TPSA) is 91.9 Å². The lowest BCUT2D eigenvalue weighted by molar-refractivity contribution is 0.0887. The molecule has 20 heavy (non-hydrogen) atoms. The first-order chi connectivity index (χ1) is 9.32. The van der Waals surface area contributed by atoms with Crippen molar-refractivity contribution in [3.8, 4) is 0 Å². The number of carbonyl (C=O) groups excluding carboxylic acids is 1. The van der Waals surface area contributed by atoms with Crippen LogP contribution in [0, 0.1) is 5.92 Å². The first kappa shape index (κ1) is 15.3. The van der Waals surface area contributed by atoms with Crippen molar-refractivity contribution in [3.63, 3.8) is 0 Å². The Morgan fingerprint density at radius 1 is 1.50 bits per heavy atom. The standard InChI is InChI=1S/C12H18ClN3O3S/c1-3-4-9-11(20(13,18)19)10(16-15-9)12(17)14-8-5-7(2)6-8/h7-8H,3-6H2,1-2H3,(H,14,17)(H,15,16). The molecule has 0 aliphatic heterocycles. The van der Waals surface area contributed by atoms with Gasteiger partial charge in [-0.1, -0.05) is 20.3 Å². The number of H-pyrrole nitrogens is 1. The molecule has 0 bridgehead atoms. The van der Waals surface area contributed by atoms with Crippen LogP contribution >= 0.6 is 10.7 Å². The first-order valence-corrected chi connectivity index (χ1v) is 8.96. The summed E-state index contributed by atoms with van der Waals surface area (Å²) in [6.45, 7) is 4.01. The highest BCUT2D eigenvalue weighted by atomic mass is 35.7. The van der Waals surface area contributed by atoms with Gasteiger partial charge < -0.3 is 5.32 Å². The average Bonchev–Trinajstić information content (AvgIpc) is 2.71. The highest BCUT2D eigenvalue weighted by Crippen LogP contribution is 2.28. The smallest absolute Gasteiger partial charge is 0.273 e. The van der Waals surface area contributed by atoms with Crippen LogP contribution in [-0.4, -0.2) is 30.6 Å². The van der Waals surface area contributed by atoms with Gasteiger partial charge in [0.15, 0.2) is 5.69 Å². The molecule has 2 N–H and O–H groups in total. The van der Waals surface area contributed by atoms with Gasteiger partial charge >= 0.3 is 0 Å². The number of amides is 1. The molecule has 0 unspecified atom stereocenters. The molecule has 0 spiro atoms. The Morgan fingerprint density at radius 3 is 2.65 bits per heavy atom. The van der Waals surface area contributed by atoms with E-state index in [2.05, 4.69) is 22.4 Å². The van der Waals surface area contributed by atoms with E-state index >= 15 is 0 Å². The van der Waals surface area contributed by atoms with Crippen LogP contribution in [0.25, 0.3) is 0 Å². The van der Waals surface area contributed by atoms with Gasteiger partial charge in [0.1, 0.15) is 4.90 Å². The monoisotopic (exact) mass is 319 g/mol. The molecular weight excluding hydrogens is 302 g/mol. The van der Waals surface area contributed by atoms with Gasteiger partial charge in [0.2, 0.25) is 0 Å². The Kier molecular flexibility index (Phi) is 4.39. The summed E-state index contributed by atoms with van der Waals surface area (Å²) in [6.07, 6.45) is 3.01. The molecule has 1 saturated carbocycles. The highest BCUT2D eigenvalue weighted by molar-refractivity contribution is 8.13. The van der Waals surface area contributed by atoms with E-state index in [0.29, 0.717) is 18.0 Å². The van der Waals surface area contributed by atoms with E-state index in [1.807, 2.05) is 6.92 Å². The van der Waals surface area contributed by atoms with Gasteiger partial charge in [-0.25, -0.2) is 8.42 Å². The van der Waals surface area contributed by atoms with Crippen molar-refractivity contribution in [3.05, 3.63) is 11.4 Å². The minimum atomic E-state index is -4.01. The first-order valence-electron chi connectivity index (χ1n) is 6.65. The lowest BCUT2D eigenvalue weighted by atomic mass is 9.82. The van der Waals surface area contributed by atoms with Gasteiger partial charge in [-0.2, -0.15) is 5.10 Å². The van der Waals surface area contributed by atoms with Gasteiger partial charge in [-0.3, -0.25) is 9.89 Å². The number of halogens is 1. The van der Waals surface area contributed by atoms with Crippen LogP contribution in [0.3, 0.4) is 0 Å². The van der Waals surface area contributed by atoms with E-state index in [1.54, 1.807) is 0 Å². The summed E-state index contributed by atoms with van der Waals surface area (Å²) in [4.78, 5) is 11.9. The number of hydrogen-bond acceptors (Lipinski definition) is 4. The van der Waals surface area contributed by atoms with E-state index in [-0.39, 0.29) is 16.6 Å². The van der Waals surface area contributed by atoms with Crippen molar-refractivity contribution in [2.45, 2.75) is 50.5 Å². The maximum Gasteiger partial charge on any atom is 0.273 e. The van der Waals surface area contributed by atoms with E-state index in [4.69, 9.17) is 10.7 Å². The fourth-order valence-corrected chi connectivity index (χ4v) is 3.79. The molecule has 0 saturated heterocycles. The Labute approximate surface area is 122 Å². The number of aryl methyl sites for hydroxylation is 1. The Hall–Kier alpha value is -1.08. The summed E-state index contributed by atoms with van der Waals surface area (Å²) < 4.78 is 23.3. The molecule has 0 radical (unpaired) electrons. The van der Waals surface area contributed by atoms with Crippen LogP contribution in [0.5, 0.6) is 0 Å². The zero-order valence-electron chi connectivity index (χ0n) is 11.4. The second-order valence-electron chi connectivity index (χ2n) is 5.31. The third-order valence-electron chi connectivity index (χ3n) is 3.46. The fourth-order valence-electron chi connectivity index (χ4n) is 2.48. The van der Waals surface area contributed by atoms with Crippen molar-refractivity contribution in [1.29, 1.82) is 0 Å². The van der Waals surface area contributed by atoms with Crippen LogP contribution < -0.4 is 5.32 Å². The second kappa shape index (κ2) is 5.73. The molecule has 1 amide bonds. The van der Waals surface area contributed by atoms with Gasteiger partial charge in [0.05, 0.1) is 5.69 Å². The summed E-state index contributed by atoms with van der Waals surface area (Å²) in [5.41, 5.74) is 0.248. The fraction of sp³-hybridized carbons (Fsp3) is 0.667. The third kappa shape index (κ3) is 3.15. The van der Waals surface area contributed by atoms with E-state index in [1.165, 1.54) is 0 Å². The SMILES string of the molecule is CCCc1[nH]nc(C(=O)NC2CC(C)C2)c1S(=O)(=O)Cl. The summed E-state index contributed by atoms with van der Waals surface area (Å²) in [6, 6.07) is 0.0923. The normalized spacial score (nSPS) is 22.4. The molecule has 1 aliphatic carbocycles. The molecule has 2 rings (SSSR count). The van der Waals surface area contributed by atoms with Crippen LogP contribution in [0.15, 0.2) is 4.90 Å². The van der Waals surface area contributed by atoms with Crippen molar-refractivity contribution in [2.75, 3.05) is 0 Å². The van der Waals surface area contributed by atoms with E-state index in [9.17, 15) is 13.2 Å². The maximum absolute atomic E-state index is 12.1. The predicted octanol–water partition coefficient (Wildman–Crippen LogP) is 1.82. The molecule has 6 nitrogen and oxygen atoms in total. The molecule has 1 heterocycles. The lowest BCUT2D eigenvalue weighted by Gasteiger charge is -2.33. The van der Waals surface area contributed by atoms with Gasteiger partial charge in [0, 0.05) is 16.7 Å². The maximum atomic E-state index is 12.1. The molecule has 1 aromatic rings. The Morgan fingerprint density at radius 2 is 2.15 bits per heavy atom. The number of nitrogens with zero attached hydrogens (tertiary/aromatic N) is 1. The minimum Gasteiger partial charge on any atom is -0.348 e. The average molecular weight is 320 g/mol. The molecule has 8 heteroatoms. The van der Waals surface area contributed by atoms with Crippen molar-refractivity contribution in [1.82, 2.24) is 15.5 Å². The van der Waals surface area contributed by atoms with E-state index in [0.717, 1.165) is 19.3 Å². The molecule has 1 aromatic heterocycles. The lowest BCUT2D eigenvalue weighted by Crippen LogP contribution is -2.43. The molecule has 0 atom stereocenters. The number of nitrogens with one attached hydrogen (secondary N) is 2. The number of aromatic amines is 1. The minimum absolute atomic E-state index is 0.0923. The van der Waals surface area contributed by atoms with Crippen molar-refractivity contribution < 1.29 is 13.2 Å². The molecule has 0 aromatic carbocycles. The third-order valence-corrected chi connectivity index (χ3v) is 4.85. The molecule has 1 aliphatic rings. The zero-order valence-corrected chi connectivity index (χ0v) is 13.0. The van der Waals surface area contributed by atoms with E-state index < -0.39 is 15.0 Å². The summed E-state index contributed by atoms with van der Waals surface area (Å²) in [5.74, 6) is 0.103. The summed E-state index contributed by atoms with van der Waals surface area (Å²) in [7, 11) is 1.42. The van der Waals surface area contributed by atoms with Gasteiger partial charge in [-0.05, 0) is 25.2 Å². The Bertz CT molecular complexity index is 605. The number of carbonyl (C=O) groups is 1. The van der Waals surface area contributed by atoms with Crippen molar-refractivity contribution in [2.24, 2.45) is 5.92 Å². The van der Waals surface area contributed by atoms with Crippen molar-refractivity contribution >= 4 is 25.6 Å². The summed E-state index contributed by atoms with van der Waals surface area (Å²) in [5, 5.41) is 9.22. The van der Waals surface area contributed by atoms with Gasteiger partial charge in [0.25, 0.3) is 15.0 Å². The quantitative estimate of drug-likeness (QED) is 0.810.